The van der Waals surface area contributed by atoms with Crippen molar-refractivity contribution in [2.75, 3.05) is 0 Å². The van der Waals surface area contributed by atoms with E-state index in [9.17, 15) is 15.2 Å². The number of hydrogen-bond acceptors (Lipinski definition) is 6. The molecule has 0 aliphatic carbocycles. The summed E-state index contributed by atoms with van der Waals surface area (Å²) in [7, 11) is 0. The molecule has 57 heavy (non-hydrogen) atoms. The number of unbranched alkanes of at least 4 members (excludes halogenated alkanes) is 6. The van der Waals surface area contributed by atoms with Crippen LogP contribution >= 0.6 is 45.3 Å². The van der Waals surface area contributed by atoms with Gasteiger partial charge in [-0.15, -0.1) is 45.3 Å². The van der Waals surface area contributed by atoms with Crippen LogP contribution in [0.2, 0.25) is 0 Å². The summed E-state index contributed by atoms with van der Waals surface area (Å²) in [6, 6.07) is 41.4. The van der Waals surface area contributed by atoms with Gasteiger partial charge in [-0.2, -0.15) is 5.26 Å². The quantitative estimate of drug-likeness (QED) is 0.0406. The maximum atomic E-state index is 11.4. The number of aliphatic carboxylic acids is 1. The molecule has 0 amide bonds. The van der Waals surface area contributed by atoms with Crippen LogP contribution in [0, 0.1) is 11.3 Å². The number of carbonyl (C=O) groups is 1. The van der Waals surface area contributed by atoms with Gasteiger partial charge in [0.1, 0.15) is 11.6 Å². The maximum absolute atomic E-state index is 11.4. The van der Waals surface area contributed by atoms with Gasteiger partial charge in [-0.1, -0.05) is 137 Å². The molecule has 0 saturated carbocycles. The van der Waals surface area contributed by atoms with Crippen molar-refractivity contribution in [3.63, 3.8) is 0 Å². The molecule has 288 valence electrons. The predicted octanol–water partition coefficient (Wildman–Crippen LogP) is 15.9. The van der Waals surface area contributed by atoms with Crippen molar-refractivity contribution < 1.29 is 9.90 Å². The number of aryl methyl sites for hydroxylation is 2. The molecular formula is C50H47NO2S4. The first kappa shape index (κ1) is 40.4. The summed E-state index contributed by atoms with van der Waals surface area (Å²) < 4.78 is 2.24. The van der Waals surface area contributed by atoms with Gasteiger partial charge in [0, 0.05) is 38.7 Å². The Kier molecular flexibility index (Phi) is 13.8. The van der Waals surface area contributed by atoms with Crippen LogP contribution in [0.25, 0.3) is 57.1 Å². The summed E-state index contributed by atoms with van der Waals surface area (Å²) in [5.41, 5.74) is 8.74. The fourth-order valence-corrected chi connectivity index (χ4v) is 12.2. The zero-order valence-corrected chi connectivity index (χ0v) is 35.8. The highest BCUT2D eigenvalue weighted by molar-refractivity contribution is 7.32. The Bertz CT molecular complexity index is 2450. The molecule has 0 spiro atoms. The van der Waals surface area contributed by atoms with Crippen molar-refractivity contribution in [1.82, 2.24) is 0 Å². The van der Waals surface area contributed by atoms with Crippen LogP contribution in [0.3, 0.4) is 0 Å². The van der Waals surface area contributed by atoms with E-state index in [1.54, 1.807) is 17.4 Å². The summed E-state index contributed by atoms with van der Waals surface area (Å²) in [5, 5.41) is 18.6. The standard InChI is InChI=1S/C50H47NO2S4/c1-3-5-7-11-21-38-30-47(57-48(38)37-25-23-34(24-26-37)27-42(35-17-13-9-14-18-35)36-19-15-10-16-20-36)49-39(22-12-8-6-4-2)29-43(56-49)46-32-45-44(55-46)31-41(54-45)28-40(33-51)50(52)53/h9-10,13-20,23-32H,3-8,11-12,21-22H2,1-2H3,(H,52,53)/b40-28+. The highest BCUT2D eigenvalue weighted by Crippen LogP contribution is 2.48. The molecular weight excluding hydrogens is 775 g/mol. The summed E-state index contributed by atoms with van der Waals surface area (Å²) in [5.74, 6) is -1.20. The van der Waals surface area contributed by atoms with Gasteiger partial charge in [-0.25, -0.2) is 4.79 Å². The van der Waals surface area contributed by atoms with E-state index in [1.165, 1.54) is 132 Å². The van der Waals surface area contributed by atoms with Crippen LogP contribution in [-0.4, -0.2) is 11.1 Å². The average molecular weight is 822 g/mol. The van der Waals surface area contributed by atoms with Gasteiger partial charge >= 0.3 is 5.97 Å². The number of thiophene rings is 4. The molecule has 4 aromatic heterocycles. The molecule has 0 unspecified atom stereocenters. The van der Waals surface area contributed by atoms with Gasteiger partial charge in [-0.3, -0.25) is 0 Å². The molecule has 0 fully saturated rings. The van der Waals surface area contributed by atoms with E-state index in [4.69, 9.17) is 0 Å². The molecule has 3 aromatic carbocycles. The molecule has 0 saturated heterocycles. The van der Waals surface area contributed by atoms with Crippen molar-refractivity contribution in [2.45, 2.75) is 78.1 Å². The average Bonchev–Trinajstić information content (AvgIpc) is 4.03. The van der Waals surface area contributed by atoms with Gasteiger partial charge in [0.05, 0.1) is 0 Å². The van der Waals surface area contributed by atoms with Gasteiger partial charge in [0.25, 0.3) is 0 Å². The van der Waals surface area contributed by atoms with Crippen LogP contribution in [-0.2, 0) is 17.6 Å². The highest BCUT2D eigenvalue weighted by Gasteiger charge is 2.20. The third-order valence-corrected chi connectivity index (χ3v) is 15.2. The number of carboxylic acid groups (broad SMARTS) is 1. The predicted molar refractivity (Wildman–Crippen MR) is 249 cm³/mol. The molecule has 0 aliphatic rings. The lowest BCUT2D eigenvalue weighted by Gasteiger charge is -2.10. The molecule has 7 aromatic rings. The van der Waals surface area contributed by atoms with Crippen LogP contribution in [0.1, 0.15) is 97.9 Å². The summed E-state index contributed by atoms with van der Waals surface area (Å²) in [6.45, 7) is 4.54. The van der Waals surface area contributed by atoms with E-state index in [2.05, 4.69) is 123 Å². The van der Waals surface area contributed by atoms with Crippen LogP contribution < -0.4 is 0 Å². The molecule has 4 heterocycles. The number of nitrogens with zero attached hydrogens (tertiary/aromatic N) is 1. The van der Waals surface area contributed by atoms with Gasteiger partial charge in [-0.05, 0) is 101 Å². The second-order valence-electron chi connectivity index (χ2n) is 14.4. The smallest absolute Gasteiger partial charge is 0.346 e. The van der Waals surface area contributed by atoms with Crippen molar-refractivity contribution >= 4 is 78.4 Å². The SMILES string of the molecule is CCCCCCc1cc(-c2sc(-c3cc4sc(/C=C(\C#N)C(=O)O)cc4s3)cc2CCCCCC)sc1-c1ccc(C=C(c2ccccc2)c2ccccc2)cc1. The second-order valence-corrected chi connectivity index (χ2v) is 18.7. The number of rotatable bonds is 18. The Morgan fingerprint density at radius 2 is 1.18 bits per heavy atom. The third-order valence-electron chi connectivity index (χ3n) is 10.2. The number of nitriles is 1. The number of hydrogen-bond donors (Lipinski definition) is 1. The first-order valence-electron chi connectivity index (χ1n) is 20.0. The first-order chi connectivity index (χ1) is 27.9. The van der Waals surface area contributed by atoms with Crippen LogP contribution in [0.4, 0.5) is 0 Å². The molecule has 0 radical (unpaired) electrons. The minimum atomic E-state index is -1.20. The van der Waals surface area contributed by atoms with Crippen LogP contribution in [0.5, 0.6) is 0 Å². The third kappa shape index (κ3) is 10.0. The lowest BCUT2D eigenvalue weighted by molar-refractivity contribution is -0.132. The van der Waals surface area contributed by atoms with E-state index >= 15 is 0 Å². The molecule has 3 nitrogen and oxygen atoms in total. The van der Waals surface area contributed by atoms with Gasteiger partial charge in [0.2, 0.25) is 0 Å². The van der Waals surface area contributed by atoms with Crippen molar-refractivity contribution in [3.8, 4) is 36.0 Å². The monoisotopic (exact) mass is 821 g/mol. The van der Waals surface area contributed by atoms with Gasteiger partial charge in [0.15, 0.2) is 0 Å². The zero-order valence-electron chi connectivity index (χ0n) is 32.6. The number of carboxylic acids is 1. The van der Waals surface area contributed by atoms with E-state index in [0.29, 0.717) is 0 Å². The lowest BCUT2D eigenvalue weighted by atomic mass is 9.95. The largest absolute Gasteiger partial charge is 0.477 e. The van der Waals surface area contributed by atoms with E-state index < -0.39 is 5.97 Å². The summed E-state index contributed by atoms with van der Waals surface area (Å²) >= 11 is 7.14. The Morgan fingerprint density at radius 1 is 0.614 bits per heavy atom. The number of fused-ring (bicyclic) bond motifs is 1. The van der Waals surface area contributed by atoms with Crippen molar-refractivity contribution in [1.29, 1.82) is 5.26 Å². The lowest BCUT2D eigenvalue weighted by Crippen LogP contribution is -1.96. The van der Waals surface area contributed by atoms with E-state index in [0.717, 1.165) is 27.1 Å². The molecule has 1 N–H and O–H groups in total. The van der Waals surface area contributed by atoms with Crippen molar-refractivity contribution in [2.24, 2.45) is 0 Å². The Morgan fingerprint density at radius 3 is 1.75 bits per heavy atom. The van der Waals surface area contributed by atoms with Crippen molar-refractivity contribution in [3.05, 3.63) is 147 Å². The normalized spacial score (nSPS) is 11.6. The summed E-state index contributed by atoms with van der Waals surface area (Å²) in [6.07, 6.45) is 15.8. The second kappa shape index (κ2) is 19.5. The van der Waals surface area contributed by atoms with Crippen LogP contribution in [0.15, 0.2) is 115 Å². The molecule has 7 rings (SSSR count). The zero-order chi connectivity index (χ0) is 39.6. The highest BCUT2D eigenvalue weighted by atomic mass is 32.1. The molecule has 7 heteroatoms. The van der Waals surface area contributed by atoms with E-state index in [-0.39, 0.29) is 5.57 Å². The Labute approximate surface area is 352 Å². The molecule has 0 atom stereocenters. The fraction of sp³-hybridized carbons (Fsp3) is 0.240. The Balaban J connectivity index is 1.23. The minimum Gasteiger partial charge on any atom is -0.477 e. The minimum absolute atomic E-state index is 0.243. The number of benzene rings is 3. The Hall–Kier alpha value is -4.84. The molecule has 0 bridgehead atoms. The first-order valence-corrected chi connectivity index (χ1v) is 23.3. The fourth-order valence-electron chi connectivity index (χ4n) is 7.20. The maximum Gasteiger partial charge on any atom is 0.346 e. The van der Waals surface area contributed by atoms with Gasteiger partial charge < -0.3 is 5.11 Å². The summed E-state index contributed by atoms with van der Waals surface area (Å²) in [4.78, 5) is 18.9. The molecule has 0 aliphatic heterocycles. The topological polar surface area (TPSA) is 61.1 Å². The van der Waals surface area contributed by atoms with E-state index in [1.807, 2.05) is 28.7 Å².